The molecule has 1 aromatic heterocycles. The number of hydrogen-bond donors (Lipinski definition) is 1. The second-order valence-electron chi connectivity index (χ2n) is 6.62. The van der Waals surface area contributed by atoms with Gasteiger partial charge in [-0.15, -0.1) is 0 Å². The van der Waals surface area contributed by atoms with Crippen molar-refractivity contribution in [3.63, 3.8) is 0 Å². The molecule has 31 heavy (non-hydrogen) atoms. The minimum Gasteiger partial charge on any atom is -0.468 e. The molecule has 0 saturated heterocycles. The molecule has 0 radical (unpaired) electrons. The number of dihydropyridines is 1. The third-order valence-electron chi connectivity index (χ3n) is 4.55. The Morgan fingerprint density at radius 3 is 2.61 bits per heavy atom. The molecular weight excluding hydrogens is 416 g/mol. The summed E-state index contributed by atoms with van der Waals surface area (Å²) in [6, 6.07) is 14.9. The molecule has 7 nitrogen and oxygen atoms in total. The van der Waals surface area contributed by atoms with E-state index in [4.69, 9.17) is 13.9 Å². The molecule has 1 aliphatic rings. The van der Waals surface area contributed by atoms with E-state index in [1.54, 1.807) is 26.0 Å². The molecular formula is C23H22N2O5S. The minimum atomic E-state index is -0.741. The van der Waals surface area contributed by atoms with Crippen molar-refractivity contribution < 1.29 is 23.5 Å². The highest BCUT2D eigenvalue weighted by atomic mass is 32.2. The van der Waals surface area contributed by atoms with Crippen LogP contribution in [0.4, 0.5) is 0 Å². The Labute approximate surface area is 184 Å². The molecule has 8 heteroatoms. The van der Waals surface area contributed by atoms with E-state index < -0.39 is 11.9 Å². The molecule has 1 aliphatic heterocycles. The maximum Gasteiger partial charge on any atom is 0.337 e. The zero-order valence-corrected chi connectivity index (χ0v) is 18.0. The van der Waals surface area contributed by atoms with Gasteiger partial charge in [0.1, 0.15) is 12.4 Å². The SMILES string of the molecule is CCOC(=O)CSC1=C(C#N)[C@H](c2ccco2)C(C(=O)OCc2ccccc2)=C(C)N1. The zero-order chi connectivity index (χ0) is 22.2. The molecule has 0 amide bonds. The van der Waals surface area contributed by atoms with Crippen LogP contribution in [0, 0.1) is 11.3 Å². The largest absolute Gasteiger partial charge is 0.468 e. The number of rotatable bonds is 8. The van der Waals surface area contributed by atoms with E-state index in [1.165, 1.54) is 6.26 Å². The van der Waals surface area contributed by atoms with Crippen LogP contribution in [-0.2, 0) is 25.7 Å². The van der Waals surface area contributed by atoms with Gasteiger partial charge in [0.15, 0.2) is 0 Å². The van der Waals surface area contributed by atoms with Crippen molar-refractivity contribution >= 4 is 23.7 Å². The molecule has 2 aromatic rings. The van der Waals surface area contributed by atoms with Crippen LogP contribution in [0.1, 0.15) is 31.1 Å². The van der Waals surface area contributed by atoms with E-state index in [2.05, 4.69) is 11.4 Å². The third kappa shape index (κ3) is 5.38. The van der Waals surface area contributed by atoms with Gasteiger partial charge in [-0.3, -0.25) is 4.79 Å². The van der Waals surface area contributed by atoms with Gasteiger partial charge in [-0.05, 0) is 31.5 Å². The van der Waals surface area contributed by atoms with Gasteiger partial charge >= 0.3 is 11.9 Å². The molecule has 0 saturated carbocycles. The van der Waals surface area contributed by atoms with Crippen LogP contribution in [0.2, 0.25) is 0 Å². The Morgan fingerprint density at radius 1 is 1.19 bits per heavy atom. The predicted octanol–water partition coefficient (Wildman–Crippen LogP) is 4.02. The van der Waals surface area contributed by atoms with Gasteiger partial charge in [0.2, 0.25) is 0 Å². The summed E-state index contributed by atoms with van der Waals surface area (Å²) in [5, 5.41) is 13.5. The molecule has 0 spiro atoms. The van der Waals surface area contributed by atoms with Gasteiger partial charge in [0.05, 0.1) is 46.8 Å². The summed E-state index contributed by atoms with van der Waals surface area (Å²) in [6.45, 7) is 3.85. The lowest BCUT2D eigenvalue weighted by molar-refractivity contribution is -0.141. The fourth-order valence-electron chi connectivity index (χ4n) is 3.17. The second kappa shape index (κ2) is 10.5. The van der Waals surface area contributed by atoms with Crippen molar-refractivity contribution in [3.05, 3.63) is 81.9 Å². The summed E-state index contributed by atoms with van der Waals surface area (Å²) in [6.07, 6.45) is 1.49. The van der Waals surface area contributed by atoms with Gasteiger partial charge in [0.25, 0.3) is 0 Å². The Kier molecular flexibility index (Phi) is 7.57. The lowest BCUT2D eigenvalue weighted by Gasteiger charge is -2.27. The van der Waals surface area contributed by atoms with Crippen molar-refractivity contribution in [1.29, 1.82) is 5.26 Å². The van der Waals surface area contributed by atoms with E-state index in [0.29, 0.717) is 22.1 Å². The van der Waals surface area contributed by atoms with E-state index in [1.807, 2.05) is 30.3 Å². The summed E-state index contributed by atoms with van der Waals surface area (Å²) in [7, 11) is 0. The van der Waals surface area contributed by atoms with Gasteiger partial charge in [-0.1, -0.05) is 42.1 Å². The first-order valence-corrected chi connectivity index (χ1v) is 10.7. The number of nitrogens with zero attached hydrogens (tertiary/aromatic N) is 1. The number of furan rings is 1. The monoisotopic (exact) mass is 438 g/mol. The molecule has 160 valence electrons. The number of thioether (sulfide) groups is 1. The maximum absolute atomic E-state index is 13.0. The highest BCUT2D eigenvalue weighted by Crippen LogP contribution is 2.41. The smallest absolute Gasteiger partial charge is 0.337 e. The molecule has 2 heterocycles. The van der Waals surface area contributed by atoms with E-state index in [-0.39, 0.29) is 30.5 Å². The molecule has 1 N–H and O–H groups in total. The molecule has 0 fully saturated rings. The summed E-state index contributed by atoms with van der Waals surface area (Å²) in [5.41, 5.74) is 1.96. The molecule has 0 bridgehead atoms. The standard InChI is InChI=1S/C23H22N2O5S/c1-3-28-19(26)14-31-22-17(12-24)21(18-10-7-11-29-18)20(15(2)25-22)23(27)30-13-16-8-5-4-6-9-16/h4-11,21,25H,3,13-14H2,1-2H3/t21-/m1/s1. The van der Waals surface area contributed by atoms with Crippen LogP contribution in [0.15, 0.2) is 75.0 Å². The number of allylic oxidation sites excluding steroid dienone is 2. The summed E-state index contributed by atoms with van der Waals surface area (Å²) >= 11 is 1.15. The van der Waals surface area contributed by atoms with Crippen LogP contribution in [0.3, 0.4) is 0 Å². The summed E-state index contributed by atoms with van der Waals surface area (Å²) in [4.78, 5) is 24.8. The first-order chi connectivity index (χ1) is 15.0. The average molecular weight is 439 g/mol. The van der Waals surface area contributed by atoms with Crippen molar-refractivity contribution in [3.8, 4) is 6.07 Å². The van der Waals surface area contributed by atoms with E-state index >= 15 is 0 Å². The van der Waals surface area contributed by atoms with Crippen molar-refractivity contribution in [2.24, 2.45) is 0 Å². The molecule has 0 aliphatic carbocycles. The molecule has 1 atom stereocenters. The van der Waals surface area contributed by atoms with Crippen LogP contribution < -0.4 is 5.32 Å². The lowest BCUT2D eigenvalue weighted by Crippen LogP contribution is -2.29. The Hall–Kier alpha value is -3.44. The number of esters is 2. The summed E-state index contributed by atoms with van der Waals surface area (Å²) in [5.74, 6) is -1.19. The second-order valence-corrected chi connectivity index (χ2v) is 7.61. The van der Waals surface area contributed by atoms with Crippen molar-refractivity contribution in [2.75, 3.05) is 12.4 Å². The normalized spacial score (nSPS) is 15.8. The van der Waals surface area contributed by atoms with Gasteiger partial charge in [0, 0.05) is 5.70 Å². The Morgan fingerprint density at radius 2 is 1.97 bits per heavy atom. The quantitative estimate of drug-likeness (QED) is 0.617. The fraction of sp³-hybridized carbons (Fsp3) is 0.261. The summed E-state index contributed by atoms with van der Waals surface area (Å²) < 4.78 is 16.0. The van der Waals surface area contributed by atoms with Gasteiger partial charge in [-0.25, -0.2) is 4.79 Å². The number of nitrogens with one attached hydrogen (secondary N) is 1. The number of hydrogen-bond acceptors (Lipinski definition) is 8. The molecule has 0 unspecified atom stereocenters. The number of carbonyl (C=O) groups is 2. The number of carbonyl (C=O) groups excluding carboxylic acids is 2. The fourth-order valence-corrected chi connectivity index (χ4v) is 4.06. The molecule has 1 aromatic carbocycles. The number of benzene rings is 1. The Balaban J connectivity index is 1.88. The highest BCUT2D eigenvalue weighted by molar-refractivity contribution is 8.03. The highest BCUT2D eigenvalue weighted by Gasteiger charge is 2.37. The van der Waals surface area contributed by atoms with Crippen LogP contribution >= 0.6 is 11.8 Å². The van der Waals surface area contributed by atoms with E-state index in [9.17, 15) is 14.9 Å². The zero-order valence-electron chi connectivity index (χ0n) is 17.2. The molecule has 3 rings (SSSR count). The van der Waals surface area contributed by atoms with Crippen LogP contribution in [-0.4, -0.2) is 24.3 Å². The van der Waals surface area contributed by atoms with E-state index in [0.717, 1.165) is 17.3 Å². The van der Waals surface area contributed by atoms with Gasteiger partial charge < -0.3 is 19.2 Å². The predicted molar refractivity (Wildman–Crippen MR) is 115 cm³/mol. The van der Waals surface area contributed by atoms with Gasteiger partial charge in [-0.2, -0.15) is 5.26 Å². The lowest BCUT2D eigenvalue weighted by atomic mass is 9.86. The van der Waals surface area contributed by atoms with Crippen LogP contribution in [0.5, 0.6) is 0 Å². The third-order valence-corrected chi connectivity index (χ3v) is 5.54. The number of ether oxygens (including phenoxy) is 2. The first kappa shape index (κ1) is 22.2. The van der Waals surface area contributed by atoms with Crippen molar-refractivity contribution in [2.45, 2.75) is 26.4 Å². The first-order valence-electron chi connectivity index (χ1n) is 9.70. The average Bonchev–Trinajstić information content (AvgIpc) is 3.31. The van der Waals surface area contributed by atoms with Crippen LogP contribution in [0.25, 0.3) is 0 Å². The number of nitriles is 1. The van der Waals surface area contributed by atoms with Crippen molar-refractivity contribution in [1.82, 2.24) is 5.32 Å². The maximum atomic E-state index is 13.0. The Bertz CT molecular complexity index is 1040. The minimum absolute atomic E-state index is 0.0350. The topological polar surface area (TPSA) is 102 Å².